The standard InChI is InChI=1S/C15H14ClN3O/c1-2-5-18-15-9-17-8-12(19-15)14-7-10-6-11(16)3-4-13(10)20-14/h3-4,6-9H,2,5H2,1H3,(H,18,19). The summed E-state index contributed by atoms with van der Waals surface area (Å²) in [6.07, 6.45) is 4.43. The molecule has 0 saturated heterocycles. The van der Waals surface area contributed by atoms with Crippen molar-refractivity contribution in [3.63, 3.8) is 0 Å². The van der Waals surface area contributed by atoms with Crippen molar-refractivity contribution < 1.29 is 4.42 Å². The molecule has 20 heavy (non-hydrogen) atoms. The number of aromatic nitrogens is 2. The zero-order valence-electron chi connectivity index (χ0n) is 11.1. The minimum atomic E-state index is 0.689. The Morgan fingerprint density at radius 2 is 2.15 bits per heavy atom. The smallest absolute Gasteiger partial charge is 0.155 e. The first-order valence-corrected chi connectivity index (χ1v) is 6.89. The van der Waals surface area contributed by atoms with Crippen molar-refractivity contribution in [3.8, 4) is 11.5 Å². The van der Waals surface area contributed by atoms with Crippen molar-refractivity contribution in [2.24, 2.45) is 0 Å². The number of fused-ring (bicyclic) bond motifs is 1. The first-order valence-electron chi connectivity index (χ1n) is 6.51. The Morgan fingerprint density at radius 1 is 1.25 bits per heavy atom. The van der Waals surface area contributed by atoms with Gasteiger partial charge in [-0.05, 0) is 30.7 Å². The minimum absolute atomic E-state index is 0.689. The van der Waals surface area contributed by atoms with E-state index in [0.717, 1.165) is 29.8 Å². The topological polar surface area (TPSA) is 51.0 Å². The van der Waals surface area contributed by atoms with Gasteiger partial charge in [-0.1, -0.05) is 18.5 Å². The number of hydrogen-bond donors (Lipinski definition) is 1. The van der Waals surface area contributed by atoms with Crippen LogP contribution in [0, 0.1) is 0 Å². The Labute approximate surface area is 121 Å². The Morgan fingerprint density at radius 3 is 3.00 bits per heavy atom. The Balaban J connectivity index is 1.97. The summed E-state index contributed by atoms with van der Waals surface area (Å²) >= 11 is 5.98. The molecule has 0 atom stereocenters. The monoisotopic (exact) mass is 287 g/mol. The number of halogens is 1. The summed E-state index contributed by atoms with van der Waals surface area (Å²) in [4.78, 5) is 8.69. The largest absolute Gasteiger partial charge is 0.454 e. The van der Waals surface area contributed by atoms with Gasteiger partial charge in [-0.2, -0.15) is 0 Å². The summed E-state index contributed by atoms with van der Waals surface area (Å²) < 4.78 is 5.78. The van der Waals surface area contributed by atoms with Gasteiger partial charge >= 0.3 is 0 Å². The number of anilines is 1. The first kappa shape index (κ1) is 12.9. The second-order valence-corrected chi connectivity index (χ2v) is 4.95. The fourth-order valence-corrected chi connectivity index (χ4v) is 2.14. The van der Waals surface area contributed by atoms with Crippen LogP contribution in [0.4, 0.5) is 5.82 Å². The van der Waals surface area contributed by atoms with Crippen LogP contribution in [0.5, 0.6) is 0 Å². The summed E-state index contributed by atoms with van der Waals surface area (Å²) in [5, 5.41) is 4.86. The number of furan rings is 1. The molecule has 0 saturated carbocycles. The van der Waals surface area contributed by atoms with Crippen LogP contribution in [0.2, 0.25) is 5.02 Å². The van der Waals surface area contributed by atoms with Gasteiger partial charge in [0.15, 0.2) is 5.76 Å². The summed E-state index contributed by atoms with van der Waals surface area (Å²) in [5.74, 6) is 1.44. The van der Waals surface area contributed by atoms with Crippen LogP contribution >= 0.6 is 11.6 Å². The molecular formula is C15H14ClN3O. The molecule has 2 heterocycles. The lowest BCUT2D eigenvalue weighted by atomic mass is 10.2. The number of benzene rings is 1. The zero-order valence-corrected chi connectivity index (χ0v) is 11.8. The third-order valence-corrected chi connectivity index (χ3v) is 3.16. The molecule has 1 N–H and O–H groups in total. The van der Waals surface area contributed by atoms with Crippen molar-refractivity contribution in [2.45, 2.75) is 13.3 Å². The van der Waals surface area contributed by atoms with Crippen molar-refractivity contribution >= 4 is 28.4 Å². The molecule has 2 aromatic heterocycles. The molecule has 0 aliphatic rings. The third kappa shape index (κ3) is 2.60. The summed E-state index contributed by atoms with van der Waals surface area (Å²) in [7, 11) is 0. The molecule has 3 rings (SSSR count). The molecular weight excluding hydrogens is 274 g/mol. The van der Waals surface area contributed by atoms with E-state index in [0.29, 0.717) is 16.5 Å². The molecule has 0 amide bonds. The van der Waals surface area contributed by atoms with Crippen LogP contribution in [-0.2, 0) is 0 Å². The number of nitrogens with zero attached hydrogens (tertiary/aromatic N) is 2. The predicted octanol–water partition coefficient (Wildman–Crippen LogP) is 4.37. The summed E-state index contributed by atoms with van der Waals surface area (Å²) in [6.45, 7) is 2.97. The molecule has 0 aliphatic heterocycles. The van der Waals surface area contributed by atoms with Crippen molar-refractivity contribution in [1.29, 1.82) is 0 Å². The fourth-order valence-electron chi connectivity index (χ4n) is 1.96. The van der Waals surface area contributed by atoms with Gasteiger partial charge in [0.05, 0.1) is 12.4 Å². The van der Waals surface area contributed by atoms with E-state index in [1.165, 1.54) is 0 Å². The molecule has 0 bridgehead atoms. The van der Waals surface area contributed by atoms with E-state index < -0.39 is 0 Å². The van der Waals surface area contributed by atoms with Crippen LogP contribution in [0.3, 0.4) is 0 Å². The predicted molar refractivity (Wildman–Crippen MR) is 81.0 cm³/mol. The second-order valence-electron chi connectivity index (χ2n) is 4.51. The van der Waals surface area contributed by atoms with E-state index in [4.69, 9.17) is 16.0 Å². The average molecular weight is 288 g/mol. The molecule has 102 valence electrons. The lowest BCUT2D eigenvalue weighted by Gasteiger charge is -2.03. The van der Waals surface area contributed by atoms with E-state index in [1.54, 1.807) is 12.4 Å². The maximum Gasteiger partial charge on any atom is 0.155 e. The highest BCUT2D eigenvalue weighted by Gasteiger charge is 2.09. The van der Waals surface area contributed by atoms with Crippen molar-refractivity contribution in [3.05, 3.63) is 41.7 Å². The Kier molecular flexibility index (Phi) is 3.56. The number of hydrogen-bond acceptors (Lipinski definition) is 4. The molecule has 5 heteroatoms. The molecule has 0 fully saturated rings. The van der Waals surface area contributed by atoms with Gasteiger partial charge in [-0.15, -0.1) is 0 Å². The molecule has 0 spiro atoms. The zero-order chi connectivity index (χ0) is 13.9. The van der Waals surface area contributed by atoms with Gasteiger partial charge in [0.1, 0.15) is 17.1 Å². The van der Waals surface area contributed by atoms with E-state index in [2.05, 4.69) is 22.2 Å². The molecule has 3 aromatic rings. The minimum Gasteiger partial charge on any atom is -0.454 e. The van der Waals surface area contributed by atoms with Crippen LogP contribution in [0.15, 0.2) is 41.1 Å². The summed E-state index contributed by atoms with van der Waals surface area (Å²) in [5.41, 5.74) is 1.50. The first-order chi connectivity index (χ1) is 9.76. The van der Waals surface area contributed by atoms with Gasteiger partial charge < -0.3 is 9.73 Å². The Bertz CT molecular complexity index is 739. The Hall–Kier alpha value is -2.07. The fraction of sp³-hybridized carbons (Fsp3) is 0.200. The maximum absolute atomic E-state index is 5.98. The van der Waals surface area contributed by atoms with Crippen LogP contribution in [-0.4, -0.2) is 16.5 Å². The lowest BCUT2D eigenvalue weighted by molar-refractivity contribution is 0.628. The third-order valence-electron chi connectivity index (χ3n) is 2.92. The molecule has 4 nitrogen and oxygen atoms in total. The van der Waals surface area contributed by atoms with Crippen LogP contribution in [0.25, 0.3) is 22.4 Å². The van der Waals surface area contributed by atoms with E-state index >= 15 is 0 Å². The highest BCUT2D eigenvalue weighted by Crippen LogP contribution is 2.28. The van der Waals surface area contributed by atoms with Gasteiger partial charge in [0.2, 0.25) is 0 Å². The van der Waals surface area contributed by atoms with Gasteiger partial charge in [0.25, 0.3) is 0 Å². The van der Waals surface area contributed by atoms with Crippen molar-refractivity contribution in [2.75, 3.05) is 11.9 Å². The van der Waals surface area contributed by atoms with Gasteiger partial charge in [-0.3, -0.25) is 4.98 Å². The number of rotatable bonds is 4. The SMILES string of the molecule is CCCNc1cncc(-c2cc3cc(Cl)ccc3o2)n1. The van der Waals surface area contributed by atoms with Gasteiger partial charge in [-0.25, -0.2) is 4.98 Å². The normalized spacial score (nSPS) is 10.9. The molecule has 0 aliphatic carbocycles. The van der Waals surface area contributed by atoms with Crippen LogP contribution in [0.1, 0.15) is 13.3 Å². The quantitative estimate of drug-likeness (QED) is 0.774. The lowest BCUT2D eigenvalue weighted by Crippen LogP contribution is -2.02. The highest BCUT2D eigenvalue weighted by atomic mass is 35.5. The van der Waals surface area contributed by atoms with E-state index in [-0.39, 0.29) is 0 Å². The van der Waals surface area contributed by atoms with Crippen molar-refractivity contribution in [1.82, 2.24) is 9.97 Å². The molecule has 1 aromatic carbocycles. The average Bonchev–Trinajstić information content (AvgIpc) is 2.88. The second kappa shape index (κ2) is 5.51. The van der Waals surface area contributed by atoms with Crippen LogP contribution < -0.4 is 5.32 Å². The van der Waals surface area contributed by atoms with Gasteiger partial charge in [0, 0.05) is 17.0 Å². The maximum atomic E-state index is 5.98. The van der Waals surface area contributed by atoms with E-state index in [9.17, 15) is 0 Å². The number of nitrogens with one attached hydrogen (secondary N) is 1. The molecule has 0 unspecified atom stereocenters. The van der Waals surface area contributed by atoms with E-state index in [1.807, 2.05) is 24.3 Å². The highest BCUT2D eigenvalue weighted by molar-refractivity contribution is 6.31. The summed E-state index contributed by atoms with van der Waals surface area (Å²) in [6, 6.07) is 7.46. The molecule has 0 radical (unpaired) electrons.